The molecular formula is C12H15IO. The van der Waals surface area contributed by atoms with Crippen molar-refractivity contribution in [2.75, 3.05) is 6.61 Å². The molecule has 1 aromatic carbocycles. The average molecular weight is 302 g/mol. The monoisotopic (exact) mass is 302 g/mol. The van der Waals surface area contributed by atoms with Crippen LogP contribution in [0.1, 0.15) is 18.4 Å². The molecular weight excluding hydrogens is 287 g/mol. The lowest BCUT2D eigenvalue weighted by atomic mass is 10.1. The highest BCUT2D eigenvalue weighted by atomic mass is 127. The fourth-order valence-corrected chi connectivity index (χ4v) is 1.63. The van der Waals surface area contributed by atoms with Gasteiger partial charge < -0.3 is 5.11 Å². The van der Waals surface area contributed by atoms with E-state index in [9.17, 15) is 0 Å². The van der Waals surface area contributed by atoms with Crippen LogP contribution in [0.2, 0.25) is 0 Å². The highest BCUT2D eigenvalue weighted by molar-refractivity contribution is 14.1. The number of aliphatic hydroxyl groups is 1. The molecule has 0 fully saturated rings. The maximum Gasteiger partial charge on any atom is 0.0612 e. The van der Waals surface area contributed by atoms with Gasteiger partial charge in [-0.15, -0.1) is 0 Å². The van der Waals surface area contributed by atoms with Gasteiger partial charge in [0.25, 0.3) is 0 Å². The van der Waals surface area contributed by atoms with Crippen LogP contribution in [-0.4, -0.2) is 11.7 Å². The molecule has 1 aromatic rings. The van der Waals surface area contributed by atoms with Crippen molar-refractivity contribution >= 4 is 22.6 Å². The molecule has 1 nitrogen and oxygen atoms in total. The van der Waals surface area contributed by atoms with E-state index in [0.717, 1.165) is 19.3 Å². The fourth-order valence-electron chi connectivity index (χ4n) is 1.27. The fraction of sp³-hybridized carbons (Fsp3) is 0.333. The summed E-state index contributed by atoms with van der Waals surface area (Å²) >= 11 is 2.31. The van der Waals surface area contributed by atoms with Gasteiger partial charge >= 0.3 is 0 Å². The van der Waals surface area contributed by atoms with E-state index < -0.39 is 0 Å². The van der Waals surface area contributed by atoms with E-state index in [1.807, 2.05) is 6.08 Å². The number of benzene rings is 1. The predicted molar refractivity (Wildman–Crippen MR) is 68.3 cm³/mol. The Morgan fingerprint density at radius 2 is 1.86 bits per heavy atom. The van der Waals surface area contributed by atoms with Crippen LogP contribution in [0.5, 0.6) is 0 Å². The summed E-state index contributed by atoms with van der Waals surface area (Å²) in [5.41, 5.74) is 1.39. The largest absolute Gasteiger partial charge is 0.392 e. The quantitative estimate of drug-likeness (QED) is 0.503. The first-order valence-corrected chi connectivity index (χ1v) is 5.91. The molecule has 0 saturated carbocycles. The molecule has 76 valence electrons. The second-order valence-electron chi connectivity index (χ2n) is 3.17. The summed E-state index contributed by atoms with van der Waals surface area (Å²) in [4.78, 5) is 0. The summed E-state index contributed by atoms with van der Waals surface area (Å²) in [6, 6.07) is 8.63. The van der Waals surface area contributed by atoms with E-state index in [1.54, 1.807) is 6.08 Å². The van der Waals surface area contributed by atoms with E-state index in [2.05, 4.69) is 46.9 Å². The minimum Gasteiger partial charge on any atom is -0.392 e. The van der Waals surface area contributed by atoms with Crippen molar-refractivity contribution in [3.63, 3.8) is 0 Å². The molecule has 0 aromatic heterocycles. The van der Waals surface area contributed by atoms with Gasteiger partial charge in [-0.1, -0.05) is 24.3 Å². The lowest BCUT2D eigenvalue weighted by Gasteiger charge is -1.99. The third-order valence-corrected chi connectivity index (χ3v) is 2.74. The van der Waals surface area contributed by atoms with Crippen molar-refractivity contribution in [1.29, 1.82) is 0 Å². The number of hydrogen-bond acceptors (Lipinski definition) is 1. The van der Waals surface area contributed by atoms with Crippen LogP contribution in [0.15, 0.2) is 36.4 Å². The molecule has 1 rings (SSSR count). The number of allylic oxidation sites excluding steroid dienone is 1. The molecule has 0 radical (unpaired) electrons. The van der Waals surface area contributed by atoms with Gasteiger partial charge in [0, 0.05) is 3.57 Å². The molecule has 0 saturated heterocycles. The van der Waals surface area contributed by atoms with Crippen LogP contribution in [-0.2, 0) is 6.42 Å². The van der Waals surface area contributed by atoms with Crippen molar-refractivity contribution < 1.29 is 5.11 Å². The Hall–Kier alpha value is -0.350. The lowest BCUT2D eigenvalue weighted by Crippen LogP contribution is -1.84. The second-order valence-corrected chi connectivity index (χ2v) is 4.42. The average Bonchev–Trinajstić information content (AvgIpc) is 2.21. The Balaban J connectivity index is 2.25. The van der Waals surface area contributed by atoms with Crippen LogP contribution in [0, 0.1) is 3.57 Å². The molecule has 0 unspecified atom stereocenters. The zero-order valence-electron chi connectivity index (χ0n) is 8.12. The third kappa shape index (κ3) is 4.77. The minimum absolute atomic E-state index is 0.156. The number of hydrogen-bond donors (Lipinski definition) is 1. The van der Waals surface area contributed by atoms with E-state index in [4.69, 9.17) is 5.11 Å². The zero-order chi connectivity index (χ0) is 10.2. The summed E-state index contributed by atoms with van der Waals surface area (Å²) in [6.07, 6.45) is 7.15. The van der Waals surface area contributed by atoms with Crippen molar-refractivity contribution in [2.45, 2.75) is 19.3 Å². The van der Waals surface area contributed by atoms with E-state index >= 15 is 0 Å². The van der Waals surface area contributed by atoms with Crippen LogP contribution in [0.25, 0.3) is 0 Å². The van der Waals surface area contributed by atoms with Gasteiger partial charge in [0.1, 0.15) is 0 Å². The van der Waals surface area contributed by atoms with Gasteiger partial charge in [0.05, 0.1) is 6.61 Å². The summed E-state index contributed by atoms with van der Waals surface area (Å²) in [6.45, 7) is 0.156. The highest BCUT2D eigenvalue weighted by Crippen LogP contribution is 2.09. The molecule has 14 heavy (non-hydrogen) atoms. The maximum atomic E-state index is 8.53. The molecule has 0 spiro atoms. The summed E-state index contributed by atoms with van der Waals surface area (Å²) in [5.74, 6) is 0. The Bertz CT molecular complexity index is 277. The SMILES string of the molecule is OC/C=C/CCCc1ccc(I)cc1. The molecule has 0 amide bonds. The summed E-state index contributed by atoms with van der Waals surface area (Å²) in [7, 11) is 0. The Morgan fingerprint density at radius 1 is 1.14 bits per heavy atom. The van der Waals surface area contributed by atoms with Gasteiger partial charge in [-0.25, -0.2) is 0 Å². The predicted octanol–water partition coefficient (Wildman–Crippen LogP) is 3.16. The second kappa shape index (κ2) is 7.01. The van der Waals surface area contributed by atoms with Crippen molar-refractivity contribution in [1.82, 2.24) is 0 Å². The van der Waals surface area contributed by atoms with Gasteiger partial charge in [0.15, 0.2) is 0 Å². The summed E-state index contributed by atoms with van der Waals surface area (Å²) < 4.78 is 1.28. The Morgan fingerprint density at radius 3 is 2.50 bits per heavy atom. The molecule has 0 atom stereocenters. The molecule has 0 aliphatic heterocycles. The number of aliphatic hydroxyl groups excluding tert-OH is 1. The Kier molecular flexibility index (Phi) is 5.87. The number of unbranched alkanes of at least 4 members (excludes halogenated alkanes) is 1. The normalized spacial score (nSPS) is 11.0. The molecule has 0 heterocycles. The molecule has 0 aliphatic carbocycles. The van der Waals surface area contributed by atoms with Crippen LogP contribution in [0.4, 0.5) is 0 Å². The van der Waals surface area contributed by atoms with Gasteiger partial charge in [-0.05, 0) is 59.5 Å². The number of rotatable bonds is 5. The van der Waals surface area contributed by atoms with Gasteiger partial charge in [-0.3, -0.25) is 0 Å². The number of halogens is 1. The smallest absolute Gasteiger partial charge is 0.0612 e. The molecule has 0 bridgehead atoms. The van der Waals surface area contributed by atoms with Crippen molar-refractivity contribution in [3.05, 3.63) is 45.6 Å². The van der Waals surface area contributed by atoms with E-state index in [1.165, 1.54) is 9.13 Å². The first-order valence-electron chi connectivity index (χ1n) is 4.83. The van der Waals surface area contributed by atoms with Gasteiger partial charge in [0.2, 0.25) is 0 Å². The lowest BCUT2D eigenvalue weighted by molar-refractivity contribution is 0.342. The standard InChI is InChI=1S/C12H15IO/c13-12-8-6-11(7-9-12)5-3-1-2-4-10-14/h2,4,6-9,14H,1,3,5,10H2/b4-2+. The van der Waals surface area contributed by atoms with Crippen molar-refractivity contribution in [2.24, 2.45) is 0 Å². The molecule has 1 N–H and O–H groups in total. The minimum atomic E-state index is 0.156. The van der Waals surface area contributed by atoms with E-state index in [0.29, 0.717) is 0 Å². The topological polar surface area (TPSA) is 20.2 Å². The highest BCUT2D eigenvalue weighted by Gasteiger charge is 1.91. The van der Waals surface area contributed by atoms with Crippen LogP contribution >= 0.6 is 22.6 Å². The zero-order valence-corrected chi connectivity index (χ0v) is 10.3. The first kappa shape index (κ1) is 11.7. The first-order chi connectivity index (χ1) is 6.83. The molecule has 0 aliphatic rings. The maximum absolute atomic E-state index is 8.53. The van der Waals surface area contributed by atoms with Crippen LogP contribution < -0.4 is 0 Å². The van der Waals surface area contributed by atoms with Gasteiger partial charge in [-0.2, -0.15) is 0 Å². The molecule has 2 heteroatoms. The van der Waals surface area contributed by atoms with E-state index in [-0.39, 0.29) is 6.61 Å². The van der Waals surface area contributed by atoms with Crippen LogP contribution in [0.3, 0.4) is 0 Å². The summed E-state index contributed by atoms with van der Waals surface area (Å²) in [5, 5.41) is 8.53. The third-order valence-electron chi connectivity index (χ3n) is 2.02. The van der Waals surface area contributed by atoms with Crippen molar-refractivity contribution in [3.8, 4) is 0 Å². The number of aryl methyl sites for hydroxylation is 1. The Labute approximate surface area is 99.0 Å².